The third-order valence-corrected chi connectivity index (χ3v) is 4.83. The number of alkyl halides is 2. The van der Waals surface area contributed by atoms with Crippen molar-refractivity contribution in [2.45, 2.75) is 36.6 Å². The third kappa shape index (κ3) is 0.824. The van der Waals surface area contributed by atoms with Crippen molar-refractivity contribution in [1.29, 1.82) is 0 Å². The number of aliphatic hydroxyl groups is 1. The van der Waals surface area contributed by atoms with Crippen LogP contribution in [-0.2, 0) is 0 Å². The van der Waals surface area contributed by atoms with Gasteiger partial charge in [-0.15, -0.1) is 23.2 Å². The molecule has 0 amide bonds. The fourth-order valence-electron chi connectivity index (χ4n) is 2.57. The third-order valence-electron chi connectivity index (χ3n) is 3.41. The zero-order chi connectivity index (χ0) is 8.22. The molecule has 0 aromatic carbocycles. The second-order valence-electron chi connectivity index (χ2n) is 3.98. The highest BCUT2D eigenvalue weighted by molar-refractivity contribution is 6.32. The second-order valence-corrected chi connectivity index (χ2v) is 4.96. The molecule has 2 aliphatic carbocycles. The number of rotatable bonds is 0. The Hall–Kier alpha value is 0.540. The molecule has 0 spiro atoms. The number of aliphatic hydroxyl groups excluding tert-OH is 1. The lowest BCUT2D eigenvalue weighted by Gasteiger charge is -2.52. The average Bonchev–Trinajstić information content (AvgIpc) is 2.25. The van der Waals surface area contributed by atoms with Gasteiger partial charge in [-0.3, -0.25) is 0 Å². The van der Waals surface area contributed by atoms with Crippen LogP contribution in [-0.4, -0.2) is 22.0 Å². The lowest BCUT2D eigenvalue weighted by molar-refractivity contribution is 0.0178. The van der Waals surface area contributed by atoms with Gasteiger partial charge in [0.2, 0.25) is 0 Å². The van der Waals surface area contributed by atoms with Crippen molar-refractivity contribution in [2.75, 3.05) is 0 Å². The maximum absolute atomic E-state index is 9.53. The topological polar surface area (TPSA) is 20.2 Å². The summed E-state index contributed by atoms with van der Waals surface area (Å²) in [4.78, 5) is 0. The van der Waals surface area contributed by atoms with Crippen molar-refractivity contribution in [2.24, 2.45) is 11.3 Å². The predicted molar refractivity (Wildman–Crippen MR) is 46.1 cm³/mol. The molecule has 3 heteroatoms. The van der Waals surface area contributed by atoms with Gasteiger partial charge in [0.15, 0.2) is 0 Å². The van der Waals surface area contributed by atoms with E-state index in [0.29, 0.717) is 0 Å². The van der Waals surface area contributed by atoms with Crippen molar-refractivity contribution in [3.8, 4) is 0 Å². The summed E-state index contributed by atoms with van der Waals surface area (Å²) in [6.45, 7) is 2.13. The van der Waals surface area contributed by atoms with Crippen molar-refractivity contribution >= 4 is 23.2 Å². The lowest BCUT2D eigenvalue weighted by Crippen LogP contribution is -2.57. The van der Waals surface area contributed by atoms with Crippen LogP contribution in [0.3, 0.4) is 0 Å². The van der Waals surface area contributed by atoms with E-state index in [2.05, 4.69) is 6.92 Å². The number of hydrogen-bond donors (Lipinski definition) is 1. The van der Waals surface area contributed by atoms with Crippen molar-refractivity contribution in [3.63, 3.8) is 0 Å². The molecule has 64 valence electrons. The summed E-state index contributed by atoms with van der Waals surface area (Å²) >= 11 is 12.1. The zero-order valence-corrected chi connectivity index (χ0v) is 7.94. The molecule has 0 aliphatic heterocycles. The summed E-state index contributed by atoms with van der Waals surface area (Å²) in [6, 6.07) is 0. The molecule has 0 aromatic rings. The highest BCUT2D eigenvalue weighted by Crippen LogP contribution is 2.61. The largest absolute Gasteiger partial charge is 0.393 e. The minimum atomic E-state index is -0.211. The Bertz CT molecular complexity index is 185. The Morgan fingerprint density at radius 1 is 1.45 bits per heavy atom. The van der Waals surface area contributed by atoms with Crippen LogP contribution in [0, 0.1) is 11.3 Å². The van der Waals surface area contributed by atoms with Gasteiger partial charge in [-0.25, -0.2) is 0 Å². The summed E-state index contributed by atoms with van der Waals surface area (Å²) in [7, 11) is 0. The predicted octanol–water partition coefficient (Wildman–Crippen LogP) is 1.99. The molecular weight excluding hydrogens is 183 g/mol. The Kier molecular flexibility index (Phi) is 1.69. The minimum absolute atomic E-state index is 0.0147. The van der Waals surface area contributed by atoms with Gasteiger partial charge in [0.05, 0.1) is 16.9 Å². The molecule has 1 nitrogen and oxygen atoms in total. The first kappa shape index (κ1) is 8.15. The van der Waals surface area contributed by atoms with Crippen LogP contribution in [0.25, 0.3) is 0 Å². The highest BCUT2D eigenvalue weighted by Gasteiger charge is 2.63. The van der Waals surface area contributed by atoms with E-state index in [4.69, 9.17) is 23.2 Å². The summed E-state index contributed by atoms with van der Waals surface area (Å²) in [6.07, 6.45) is 1.68. The van der Waals surface area contributed by atoms with E-state index in [1.807, 2.05) is 0 Å². The van der Waals surface area contributed by atoms with E-state index in [9.17, 15) is 5.11 Å². The van der Waals surface area contributed by atoms with Gasteiger partial charge in [-0.05, 0) is 18.3 Å². The molecule has 11 heavy (non-hydrogen) atoms. The molecule has 2 aliphatic rings. The van der Waals surface area contributed by atoms with E-state index in [1.165, 1.54) is 0 Å². The van der Waals surface area contributed by atoms with Gasteiger partial charge in [-0.2, -0.15) is 0 Å². The zero-order valence-electron chi connectivity index (χ0n) is 6.43. The van der Waals surface area contributed by atoms with Gasteiger partial charge in [-0.1, -0.05) is 6.92 Å². The minimum Gasteiger partial charge on any atom is -0.393 e. The molecule has 2 rings (SSSR count). The molecule has 2 fully saturated rings. The summed E-state index contributed by atoms with van der Waals surface area (Å²) in [5, 5.41) is 9.58. The van der Waals surface area contributed by atoms with E-state index >= 15 is 0 Å². The maximum atomic E-state index is 9.53. The first-order valence-corrected chi connectivity index (χ1v) is 4.91. The Morgan fingerprint density at radius 2 is 2.09 bits per heavy atom. The SMILES string of the molecule is C[C@]12CCC(O)[C@H]1C(Cl)C2Cl. The van der Waals surface area contributed by atoms with Crippen LogP contribution in [0.1, 0.15) is 19.8 Å². The standard InChI is InChI=1S/C8H12Cl2O/c1-8-3-2-4(11)5(8)6(9)7(8)10/h4-7,11H,2-3H2,1H3/t4?,5-,6?,7?,8-/m0/s1. The molecule has 3 unspecified atom stereocenters. The van der Waals surface area contributed by atoms with Gasteiger partial charge in [0, 0.05) is 5.92 Å². The van der Waals surface area contributed by atoms with Gasteiger partial charge >= 0.3 is 0 Å². The fraction of sp³-hybridized carbons (Fsp3) is 1.00. The van der Waals surface area contributed by atoms with Gasteiger partial charge < -0.3 is 5.11 Å². The summed E-state index contributed by atoms with van der Waals surface area (Å²) in [5.41, 5.74) is 0.118. The van der Waals surface area contributed by atoms with Crippen LogP contribution in [0.4, 0.5) is 0 Å². The van der Waals surface area contributed by atoms with Crippen LogP contribution >= 0.6 is 23.2 Å². The quantitative estimate of drug-likeness (QED) is 0.586. The van der Waals surface area contributed by atoms with Crippen LogP contribution in [0.2, 0.25) is 0 Å². The molecule has 2 saturated carbocycles. The van der Waals surface area contributed by atoms with Gasteiger partial charge in [0.25, 0.3) is 0 Å². The molecule has 0 bridgehead atoms. The lowest BCUT2D eigenvalue weighted by atomic mass is 9.62. The monoisotopic (exact) mass is 194 g/mol. The molecule has 0 saturated heterocycles. The molecule has 1 N–H and O–H groups in total. The molecule has 0 radical (unpaired) electrons. The van der Waals surface area contributed by atoms with E-state index in [-0.39, 0.29) is 28.2 Å². The van der Waals surface area contributed by atoms with E-state index in [0.717, 1.165) is 12.8 Å². The Balaban J connectivity index is 2.21. The van der Waals surface area contributed by atoms with Crippen LogP contribution in [0.15, 0.2) is 0 Å². The number of halogens is 2. The first-order valence-electron chi connectivity index (χ1n) is 4.03. The molecule has 0 aromatic heterocycles. The van der Waals surface area contributed by atoms with Crippen molar-refractivity contribution in [3.05, 3.63) is 0 Å². The van der Waals surface area contributed by atoms with E-state index < -0.39 is 0 Å². The molecule has 5 atom stereocenters. The van der Waals surface area contributed by atoms with Crippen LogP contribution < -0.4 is 0 Å². The second kappa shape index (κ2) is 2.27. The van der Waals surface area contributed by atoms with Crippen molar-refractivity contribution in [1.82, 2.24) is 0 Å². The van der Waals surface area contributed by atoms with Crippen LogP contribution in [0.5, 0.6) is 0 Å². The smallest absolute Gasteiger partial charge is 0.0589 e. The van der Waals surface area contributed by atoms with E-state index in [1.54, 1.807) is 0 Å². The average molecular weight is 195 g/mol. The highest BCUT2D eigenvalue weighted by atomic mass is 35.5. The van der Waals surface area contributed by atoms with Gasteiger partial charge in [0.1, 0.15) is 0 Å². The number of hydrogen-bond acceptors (Lipinski definition) is 1. The summed E-state index contributed by atoms with van der Waals surface area (Å²) in [5.74, 6) is 0.242. The molecule has 0 heterocycles. The fourth-order valence-corrected chi connectivity index (χ4v) is 3.72. The normalized spacial score (nSPS) is 62.2. The van der Waals surface area contributed by atoms with Crippen molar-refractivity contribution < 1.29 is 5.11 Å². The Morgan fingerprint density at radius 3 is 2.64 bits per heavy atom. The Labute approximate surface area is 76.7 Å². The first-order chi connectivity index (χ1) is 5.07. The number of fused-ring (bicyclic) bond motifs is 1. The maximum Gasteiger partial charge on any atom is 0.0589 e. The molecular formula is C8H12Cl2O. The summed E-state index contributed by atoms with van der Waals surface area (Å²) < 4.78 is 0.